The summed E-state index contributed by atoms with van der Waals surface area (Å²) >= 11 is 3.43. The Balaban J connectivity index is 2.13. The number of rotatable bonds is 1. The predicted molar refractivity (Wildman–Crippen MR) is 37.3 cm³/mol. The molecule has 2 heteroatoms. The number of halogens is 1. The predicted octanol–water partition coefficient (Wildman–Crippen LogP) is 1.81. The molecule has 48 valence electrons. The summed E-state index contributed by atoms with van der Waals surface area (Å²) in [5, 5.41) is 1.10. The smallest absolute Gasteiger partial charge is 0.0502 e. The molecule has 1 aliphatic rings. The van der Waals surface area contributed by atoms with Crippen LogP contribution in [0.1, 0.15) is 12.8 Å². The van der Waals surface area contributed by atoms with Gasteiger partial charge >= 0.3 is 0 Å². The second-order valence-corrected chi connectivity index (χ2v) is 2.88. The summed E-state index contributed by atoms with van der Waals surface area (Å²) in [5.41, 5.74) is 0. The van der Waals surface area contributed by atoms with Crippen LogP contribution in [0.2, 0.25) is 0 Å². The first kappa shape index (κ1) is 6.56. The van der Waals surface area contributed by atoms with E-state index in [-0.39, 0.29) is 0 Å². The normalized spacial score (nSPS) is 30.4. The molecule has 8 heavy (non-hydrogen) atoms. The van der Waals surface area contributed by atoms with Crippen molar-refractivity contribution in [2.45, 2.75) is 12.8 Å². The monoisotopic (exact) mass is 178 g/mol. The molecule has 0 aromatic rings. The molecular formula is C6H11BrO. The van der Waals surface area contributed by atoms with Crippen molar-refractivity contribution >= 4 is 15.9 Å². The summed E-state index contributed by atoms with van der Waals surface area (Å²) in [7, 11) is 0. The van der Waals surface area contributed by atoms with Gasteiger partial charge < -0.3 is 4.74 Å². The van der Waals surface area contributed by atoms with Crippen molar-refractivity contribution in [3.8, 4) is 0 Å². The SMILES string of the molecule is BrCC1CCCOC1. The van der Waals surface area contributed by atoms with Gasteiger partial charge in [0.25, 0.3) is 0 Å². The Kier molecular flexibility index (Phi) is 2.84. The zero-order valence-electron chi connectivity index (χ0n) is 4.90. The minimum absolute atomic E-state index is 0.781. The highest BCUT2D eigenvalue weighted by Crippen LogP contribution is 2.14. The third kappa shape index (κ3) is 1.75. The van der Waals surface area contributed by atoms with Crippen molar-refractivity contribution in [2.75, 3.05) is 18.5 Å². The molecule has 0 radical (unpaired) electrons. The van der Waals surface area contributed by atoms with Crippen molar-refractivity contribution in [3.05, 3.63) is 0 Å². The van der Waals surface area contributed by atoms with Crippen LogP contribution in [0.25, 0.3) is 0 Å². The van der Waals surface area contributed by atoms with E-state index in [9.17, 15) is 0 Å². The maximum atomic E-state index is 5.24. The first-order valence-corrected chi connectivity index (χ1v) is 4.19. The van der Waals surface area contributed by atoms with Gasteiger partial charge in [-0.1, -0.05) is 15.9 Å². The van der Waals surface area contributed by atoms with Crippen LogP contribution in [0.3, 0.4) is 0 Å². The zero-order chi connectivity index (χ0) is 5.82. The van der Waals surface area contributed by atoms with Crippen LogP contribution in [0.5, 0.6) is 0 Å². The van der Waals surface area contributed by atoms with Crippen LogP contribution in [0.15, 0.2) is 0 Å². The lowest BCUT2D eigenvalue weighted by Gasteiger charge is -2.19. The van der Waals surface area contributed by atoms with E-state index in [0.717, 1.165) is 24.5 Å². The second-order valence-electron chi connectivity index (χ2n) is 2.24. The summed E-state index contributed by atoms with van der Waals surface area (Å²) in [5.74, 6) is 0.781. The van der Waals surface area contributed by atoms with Gasteiger partial charge in [-0.2, -0.15) is 0 Å². The molecule has 0 amide bonds. The van der Waals surface area contributed by atoms with Crippen LogP contribution < -0.4 is 0 Å². The van der Waals surface area contributed by atoms with E-state index in [1.54, 1.807) is 0 Å². The summed E-state index contributed by atoms with van der Waals surface area (Å²) in [6, 6.07) is 0. The third-order valence-electron chi connectivity index (χ3n) is 1.47. The first-order chi connectivity index (χ1) is 3.93. The van der Waals surface area contributed by atoms with Crippen LogP contribution in [-0.4, -0.2) is 18.5 Å². The highest BCUT2D eigenvalue weighted by molar-refractivity contribution is 9.09. The van der Waals surface area contributed by atoms with E-state index in [1.165, 1.54) is 12.8 Å². The number of hydrogen-bond acceptors (Lipinski definition) is 1. The molecule has 1 fully saturated rings. The fourth-order valence-corrected chi connectivity index (χ4v) is 1.44. The van der Waals surface area contributed by atoms with E-state index in [2.05, 4.69) is 15.9 Å². The highest BCUT2D eigenvalue weighted by Gasteiger charge is 2.10. The van der Waals surface area contributed by atoms with Crippen molar-refractivity contribution in [3.63, 3.8) is 0 Å². The lowest BCUT2D eigenvalue weighted by atomic mass is 10.1. The molecule has 1 nitrogen and oxygen atoms in total. The number of ether oxygens (including phenoxy) is 1. The van der Waals surface area contributed by atoms with E-state index < -0.39 is 0 Å². The molecule has 0 spiro atoms. The van der Waals surface area contributed by atoms with E-state index in [0.29, 0.717) is 0 Å². The molecule has 1 unspecified atom stereocenters. The Morgan fingerprint density at radius 3 is 2.88 bits per heavy atom. The summed E-state index contributed by atoms with van der Waals surface area (Å²) < 4.78 is 5.24. The molecule has 0 bridgehead atoms. The summed E-state index contributed by atoms with van der Waals surface area (Å²) in [6.07, 6.45) is 2.58. The fraction of sp³-hybridized carbons (Fsp3) is 1.00. The van der Waals surface area contributed by atoms with Crippen LogP contribution in [-0.2, 0) is 4.74 Å². The molecule has 1 saturated heterocycles. The third-order valence-corrected chi connectivity index (χ3v) is 2.39. The zero-order valence-corrected chi connectivity index (χ0v) is 6.49. The van der Waals surface area contributed by atoms with Gasteiger partial charge in [0, 0.05) is 11.9 Å². The van der Waals surface area contributed by atoms with Gasteiger partial charge in [-0.25, -0.2) is 0 Å². The van der Waals surface area contributed by atoms with E-state index in [1.807, 2.05) is 0 Å². The lowest BCUT2D eigenvalue weighted by Crippen LogP contribution is -2.17. The summed E-state index contributed by atoms with van der Waals surface area (Å²) in [6.45, 7) is 1.94. The molecule has 1 heterocycles. The van der Waals surface area contributed by atoms with Crippen LogP contribution in [0, 0.1) is 5.92 Å². The van der Waals surface area contributed by atoms with Crippen molar-refractivity contribution in [2.24, 2.45) is 5.92 Å². The summed E-state index contributed by atoms with van der Waals surface area (Å²) in [4.78, 5) is 0. The van der Waals surface area contributed by atoms with Crippen LogP contribution >= 0.6 is 15.9 Å². The molecule has 1 atom stereocenters. The van der Waals surface area contributed by atoms with E-state index >= 15 is 0 Å². The van der Waals surface area contributed by atoms with Gasteiger partial charge in [-0.05, 0) is 18.8 Å². The average Bonchev–Trinajstić information content (AvgIpc) is 1.90. The number of alkyl halides is 1. The largest absolute Gasteiger partial charge is 0.381 e. The van der Waals surface area contributed by atoms with Gasteiger partial charge in [0.1, 0.15) is 0 Å². The van der Waals surface area contributed by atoms with Gasteiger partial charge in [-0.15, -0.1) is 0 Å². The average molecular weight is 179 g/mol. The van der Waals surface area contributed by atoms with Gasteiger partial charge in [0.2, 0.25) is 0 Å². The Morgan fingerprint density at radius 1 is 1.62 bits per heavy atom. The number of hydrogen-bond donors (Lipinski definition) is 0. The topological polar surface area (TPSA) is 9.23 Å². The Hall–Kier alpha value is 0.440. The fourth-order valence-electron chi connectivity index (χ4n) is 0.929. The maximum Gasteiger partial charge on any atom is 0.0502 e. The first-order valence-electron chi connectivity index (χ1n) is 3.07. The quantitative estimate of drug-likeness (QED) is 0.557. The van der Waals surface area contributed by atoms with Crippen LogP contribution in [0.4, 0.5) is 0 Å². The van der Waals surface area contributed by atoms with Gasteiger partial charge in [-0.3, -0.25) is 0 Å². The van der Waals surface area contributed by atoms with E-state index in [4.69, 9.17) is 4.74 Å². The van der Waals surface area contributed by atoms with Gasteiger partial charge in [0.15, 0.2) is 0 Å². The van der Waals surface area contributed by atoms with Gasteiger partial charge in [0.05, 0.1) is 6.61 Å². The lowest BCUT2D eigenvalue weighted by molar-refractivity contribution is 0.0636. The van der Waals surface area contributed by atoms with Crippen molar-refractivity contribution < 1.29 is 4.74 Å². The molecular weight excluding hydrogens is 168 g/mol. The highest BCUT2D eigenvalue weighted by atomic mass is 79.9. The minimum atomic E-state index is 0.781. The van der Waals surface area contributed by atoms with Crippen molar-refractivity contribution in [1.82, 2.24) is 0 Å². The Morgan fingerprint density at radius 2 is 2.50 bits per heavy atom. The molecule has 1 aliphatic heterocycles. The standard InChI is InChI=1S/C6H11BrO/c7-4-6-2-1-3-8-5-6/h6H,1-5H2. The Labute approximate surface area is 58.5 Å². The van der Waals surface area contributed by atoms with Crippen molar-refractivity contribution in [1.29, 1.82) is 0 Å². The Bertz CT molecular complexity index is 59.5. The molecule has 0 aromatic heterocycles. The maximum absolute atomic E-state index is 5.24. The molecule has 0 aromatic carbocycles. The molecule has 0 aliphatic carbocycles. The minimum Gasteiger partial charge on any atom is -0.381 e. The second kappa shape index (κ2) is 3.46. The molecule has 0 saturated carbocycles. The molecule has 1 rings (SSSR count). The molecule has 0 N–H and O–H groups in total.